The molecule has 1 unspecified atom stereocenters. The lowest BCUT2D eigenvalue weighted by Crippen LogP contribution is -2.28. The summed E-state index contributed by atoms with van der Waals surface area (Å²) in [4.78, 5) is 34.0. The first-order valence-electron chi connectivity index (χ1n) is 13.6. The molecule has 0 spiro atoms. The van der Waals surface area contributed by atoms with Crippen molar-refractivity contribution in [3.05, 3.63) is 82.3 Å². The summed E-state index contributed by atoms with van der Waals surface area (Å²) in [6, 6.07) is 12.0. The first-order valence-corrected chi connectivity index (χ1v) is 14.0. The molecule has 1 atom stereocenters. The second-order valence-corrected chi connectivity index (χ2v) is 11.1. The number of nitrogens with one attached hydrogen (secondary N) is 2. The molecule has 5 heterocycles. The number of aromatic nitrogens is 6. The normalized spacial score (nSPS) is 15.2. The van der Waals surface area contributed by atoms with Crippen LogP contribution in [0, 0.1) is 0 Å². The number of hydrogen-bond acceptors (Lipinski definition) is 8. The summed E-state index contributed by atoms with van der Waals surface area (Å²) in [7, 11) is 5.85. The van der Waals surface area contributed by atoms with Crippen LogP contribution in [0.1, 0.15) is 17.9 Å². The van der Waals surface area contributed by atoms with Crippen LogP contribution in [-0.4, -0.2) is 67.7 Å². The monoisotopic (exact) mass is 569 g/mol. The third kappa shape index (κ3) is 5.58. The number of aryl methyl sites for hydroxylation is 1. The van der Waals surface area contributed by atoms with Crippen LogP contribution in [0.3, 0.4) is 0 Å². The van der Waals surface area contributed by atoms with Gasteiger partial charge in [0.25, 0.3) is 5.56 Å². The van der Waals surface area contributed by atoms with Crippen molar-refractivity contribution in [1.82, 2.24) is 39.3 Å². The fourth-order valence-electron chi connectivity index (χ4n) is 5.21. The molecule has 10 nitrogen and oxygen atoms in total. The molecule has 0 radical (unpaired) electrons. The third-order valence-electron chi connectivity index (χ3n) is 7.51. The Morgan fingerprint density at radius 1 is 1.12 bits per heavy atom. The van der Waals surface area contributed by atoms with Crippen molar-refractivity contribution in [1.29, 1.82) is 0 Å². The molecule has 5 aromatic rings. The molecular weight excluding hydrogens is 538 g/mol. The van der Waals surface area contributed by atoms with Crippen molar-refractivity contribution in [3.63, 3.8) is 0 Å². The Labute approximate surface area is 243 Å². The van der Waals surface area contributed by atoms with Crippen molar-refractivity contribution in [3.8, 4) is 22.5 Å². The van der Waals surface area contributed by atoms with E-state index in [2.05, 4.69) is 37.7 Å². The maximum Gasteiger partial charge on any atom is 0.261 e. The molecule has 0 saturated carbocycles. The van der Waals surface area contributed by atoms with Gasteiger partial charge in [0.2, 0.25) is 5.95 Å². The lowest BCUT2D eigenvalue weighted by molar-refractivity contribution is 0.384. The summed E-state index contributed by atoms with van der Waals surface area (Å²) in [6.45, 7) is 3.18. The molecule has 11 heteroatoms. The van der Waals surface area contributed by atoms with E-state index in [0.29, 0.717) is 46.9 Å². The molecule has 0 bridgehead atoms. The number of benzene rings is 1. The molecule has 6 rings (SSSR count). The van der Waals surface area contributed by atoms with E-state index in [1.807, 2.05) is 48.8 Å². The highest BCUT2D eigenvalue weighted by atomic mass is 35.5. The Morgan fingerprint density at radius 3 is 2.63 bits per heavy atom. The molecule has 4 aromatic heterocycles. The summed E-state index contributed by atoms with van der Waals surface area (Å²) in [5.74, 6) is 0.978. The number of nitrogens with zero attached hydrogens (tertiary/aromatic N) is 7. The van der Waals surface area contributed by atoms with E-state index in [9.17, 15) is 4.79 Å². The average Bonchev–Trinajstić information content (AvgIpc) is 3.65. The zero-order chi connectivity index (χ0) is 28.5. The molecule has 1 fully saturated rings. The second kappa shape index (κ2) is 11.4. The van der Waals surface area contributed by atoms with Gasteiger partial charge < -0.3 is 20.1 Å². The number of imidazole rings is 1. The smallest absolute Gasteiger partial charge is 0.261 e. The summed E-state index contributed by atoms with van der Waals surface area (Å²) in [5, 5.41) is 7.82. The molecule has 1 aromatic carbocycles. The quantitative estimate of drug-likeness (QED) is 0.285. The molecule has 1 aliphatic rings. The van der Waals surface area contributed by atoms with Gasteiger partial charge in [-0.15, -0.1) is 0 Å². The average molecular weight is 570 g/mol. The van der Waals surface area contributed by atoms with Crippen LogP contribution in [-0.2, 0) is 13.6 Å². The lowest BCUT2D eigenvalue weighted by Gasteiger charge is -2.16. The zero-order valence-electron chi connectivity index (χ0n) is 23.3. The van der Waals surface area contributed by atoms with E-state index in [-0.39, 0.29) is 5.56 Å². The molecule has 2 N–H and O–H groups in total. The van der Waals surface area contributed by atoms with Gasteiger partial charge in [-0.25, -0.2) is 9.97 Å². The van der Waals surface area contributed by atoms with Gasteiger partial charge in [-0.1, -0.05) is 23.7 Å². The lowest BCUT2D eigenvalue weighted by atomic mass is 9.98. The van der Waals surface area contributed by atoms with Gasteiger partial charge in [0.15, 0.2) is 0 Å². The van der Waals surface area contributed by atoms with Gasteiger partial charge in [0, 0.05) is 55.7 Å². The first kappa shape index (κ1) is 27.1. The van der Waals surface area contributed by atoms with Crippen LogP contribution >= 0.6 is 11.6 Å². The predicted molar refractivity (Wildman–Crippen MR) is 163 cm³/mol. The number of halogens is 1. The van der Waals surface area contributed by atoms with Gasteiger partial charge in [0.1, 0.15) is 5.65 Å². The number of pyridine rings is 2. The molecule has 0 aliphatic carbocycles. The minimum absolute atomic E-state index is 0.207. The minimum Gasteiger partial charge on any atom is -0.334 e. The summed E-state index contributed by atoms with van der Waals surface area (Å²) in [5.41, 5.74) is 5.08. The summed E-state index contributed by atoms with van der Waals surface area (Å²) >= 11 is 6.71. The topological polar surface area (TPSA) is 106 Å². The van der Waals surface area contributed by atoms with Crippen molar-refractivity contribution in [2.75, 3.05) is 39.0 Å². The summed E-state index contributed by atoms with van der Waals surface area (Å²) < 4.78 is 3.57. The zero-order valence-corrected chi connectivity index (χ0v) is 24.1. The maximum absolute atomic E-state index is 13.9. The highest BCUT2D eigenvalue weighted by Gasteiger charge is 2.19. The standard InChI is InChI=1S/C30H32ClN9O/c1-38(2)10-11-40-28-22(16-35-30(37-28)36-23-6-4-19(5-7-23)20-8-9-32-14-20)12-24(29(40)41)27-25(31)13-21(15-34-27)26-17-33-18-39(26)3/h4-7,12-13,15-18,20,32H,8-11,14H2,1-3H3,(H,35,36,37). The van der Waals surface area contributed by atoms with E-state index in [1.165, 1.54) is 5.56 Å². The van der Waals surface area contributed by atoms with Crippen LogP contribution in [0.15, 0.2) is 66.1 Å². The Kier molecular flexibility index (Phi) is 7.53. The fraction of sp³-hybridized carbons (Fsp3) is 0.300. The molecular formula is C30H32ClN9O. The Morgan fingerprint density at radius 2 is 1.95 bits per heavy atom. The van der Waals surface area contributed by atoms with Gasteiger partial charge in [-0.2, -0.15) is 4.98 Å². The van der Waals surface area contributed by atoms with Gasteiger partial charge in [0.05, 0.1) is 34.5 Å². The minimum atomic E-state index is -0.207. The third-order valence-corrected chi connectivity index (χ3v) is 7.79. The highest BCUT2D eigenvalue weighted by Crippen LogP contribution is 2.30. The van der Waals surface area contributed by atoms with Gasteiger partial charge in [-0.3, -0.25) is 14.3 Å². The number of fused-ring (bicyclic) bond motifs is 1. The molecule has 1 saturated heterocycles. The molecule has 1 aliphatic heterocycles. The van der Waals surface area contributed by atoms with E-state index >= 15 is 0 Å². The van der Waals surface area contributed by atoms with E-state index < -0.39 is 0 Å². The second-order valence-electron chi connectivity index (χ2n) is 10.7. The molecule has 41 heavy (non-hydrogen) atoms. The van der Waals surface area contributed by atoms with Crippen LogP contribution in [0.25, 0.3) is 33.5 Å². The van der Waals surface area contributed by atoms with Crippen LogP contribution in [0.4, 0.5) is 11.6 Å². The van der Waals surface area contributed by atoms with Gasteiger partial charge in [-0.05, 0) is 62.8 Å². The largest absolute Gasteiger partial charge is 0.334 e. The number of likely N-dealkylation sites (N-methyl/N-ethyl adjacent to an activating group) is 1. The fourth-order valence-corrected chi connectivity index (χ4v) is 5.48. The number of hydrogen-bond donors (Lipinski definition) is 2. The molecule has 0 amide bonds. The predicted octanol–water partition coefficient (Wildman–Crippen LogP) is 4.29. The van der Waals surface area contributed by atoms with Crippen molar-refractivity contribution in [2.24, 2.45) is 7.05 Å². The van der Waals surface area contributed by atoms with Crippen LogP contribution in [0.5, 0.6) is 0 Å². The number of anilines is 2. The summed E-state index contributed by atoms with van der Waals surface area (Å²) in [6.07, 6.45) is 8.07. The van der Waals surface area contributed by atoms with E-state index in [0.717, 1.165) is 41.8 Å². The Balaban J connectivity index is 1.36. The van der Waals surface area contributed by atoms with E-state index in [4.69, 9.17) is 16.6 Å². The SMILES string of the molecule is CN(C)CCn1c(=O)c(-c2ncc(-c3cncn3C)cc2Cl)cc2cnc(Nc3ccc(C4CCNC4)cc3)nc21. The Hall–Kier alpha value is -4.12. The maximum atomic E-state index is 13.9. The van der Waals surface area contributed by atoms with Gasteiger partial charge >= 0.3 is 0 Å². The first-order chi connectivity index (χ1) is 19.9. The van der Waals surface area contributed by atoms with Crippen molar-refractivity contribution >= 4 is 34.3 Å². The number of rotatable bonds is 8. The van der Waals surface area contributed by atoms with E-state index in [1.54, 1.807) is 35.6 Å². The van der Waals surface area contributed by atoms with Crippen molar-refractivity contribution < 1.29 is 0 Å². The van der Waals surface area contributed by atoms with Crippen LogP contribution < -0.4 is 16.2 Å². The Bertz CT molecular complexity index is 1750. The van der Waals surface area contributed by atoms with Crippen molar-refractivity contribution in [2.45, 2.75) is 18.9 Å². The van der Waals surface area contributed by atoms with Crippen LogP contribution in [0.2, 0.25) is 5.02 Å². The molecule has 210 valence electrons. The highest BCUT2D eigenvalue weighted by molar-refractivity contribution is 6.33.